The summed E-state index contributed by atoms with van der Waals surface area (Å²) in [7, 11) is 1.55. The second-order valence-corrected chi connectivity index (χ2v) is 4.91. The van der Waals surface area contributed by atoms with E-state index in [1.165, 1.54) is 12.1 Å². The summed E-state index contributed by atoms with van der Waals surface area (Å²) in [6.07, 6.45) is -4.51. The Kier molecular flexibility index (Phi) is 5.50. The van der Waals surface area contributed by atoms with Crippen molar-refractivity contribution in [3.8, 4) is 11.5 Å². The molecule has 0 saturated heterocycles. The first-order valence-corrected chi connectivity index (χ1v) is 7.03. The maximum Gasteiger partial charge on any atom is 0.416 e. The molecular formula is C17H17F3O3. The van der Waals surface area contributed by atoms with E-state index >= 15 is 0 Å². The summed E-state index contributed by atoms with van der Waals surface area (Å²) in [5.74, 6) is 0.998. The van der Waals surface area contributed by atoms with Crippen LogP contribution in [0.3, 0.4) is 0 Å². The quantitative estimate of drug-likeness (QED) is 0.864. The molecule has 0 fully saturated rings. The molecule has 1 unspecified atom stereocenters. The van der Waals surface area contributed by atoms with Crippen LogP contribution in [0.25, 0.3) is 0 Å². The Hall–Kier alpha value is -2.21. The van der Waals surface area contributed by atoms with Gasteiger partial charge in [0, 0.05) is 13.0 Å². The van der Waals surface area contributed by atoms with Crippen molar-refractivity contribution in [1.82, 2.24) is 0 Å². The molecule has 0 aliphatic heterocycles. The van der Waals surface area contributed by atoms with Gasteiger partial charge in [0.15, 0.2) is 0 Å². The molecule has 0 aliphatic carbocycles. The molecule has 0 spiro atoms. The number of ether oxygens (including phenoxy) is 2. The monoisotopic (exact) mass is 326 g/mol. The van der Waals surface area contributed by atoms with Crippen molar-refractivity contribution in [1.29, 1.82) is 0 Å². The number of alkyl halides is 3. The van der Waals surface area contributed by atoms with Gasteiger partial charge in [0.05, 0.1) is 12.7 Å². The summed E-state index contributed by atoms with van der Waals surface area (Å²) < 4.78 is 48.4. The number of rotatable bonds is 6. The van der Waals surface area contributed by atoms with E-state index < -0.39 is 17.8 Å². The molecule has 0 radical (unpaired) electrons. The van der Waals surface area contributed by atoms with Crippen LogP contribution >= 0.6 is 0 Å². The highest BCUT2D eigenvalue weighted by Gasteiger charge is 2.30. The minimum absolute atomic E-state index is 0.0999. The Bertz CT molecular complexity index is 606. The van der Waals surface area contributed by atoms with E-state index in [2.05, 4.69) is 0 Å². The first-order valence-electron chi connectivity index (χ1n) is 7.03. The van der Waals surface area contributed by atoms with E-state index in [4.69, 9.17) is 9.47 Å². The molecule has 0 aliphatic rings. The number of hydrogen-bond acceptors (Lipinski definition) is 3. The highest BCUT2D eigenvalue weighted by Crippen LogP contribution is 2.32. The highest BCUT2D eigenvalue weighted by molar-refractivity contribution is 5.32. The van der Waals surface area contributed by atoms with Crippen LogP contribution in [0.2, 0.25) is 0 Å². The number of benzene rings is 2. The van der Waals surface area contributed by atoms with E-state index in [1.807, 2.05) is 0 Å². The number of aliphatic hydroxyl groups is 1. The normalized spacial score (nSPS) is 12.7. The molecule has 1 N–H and O–H groups in total. The van der Waals surface area contributed by atoms with Gasteiger partial charge >= 0.3 is 6.18 Å². The molecule has 0 amide bonds. The Morgan fingerprint density at radius 2 is 1.52 bits per heavy atom. The summed E-state index contributed by atoms with van der Waals surface area (Å²) in [5.41, 5.74) is 0.0766. The summed E-state index contributed by atoms with van der Waals surface area (Å²) >= 11 is 0. The van der Waals surface area contributed by atoms with E-state index in [0.717, 1.165) is 17.7 Å². The Morgan fingerprint density at radius 1 is 0.957 bits per heavy atom. The van der Waals surface area contributed by atoms with Crippen LogP contribution in [0.15, 0.2) is 48.5 Å². The Morgan fingerprint density at radius 3 is 2.00 bits per heavy atom. The van der Waals surface area contributed by atoms with Crippen molar-refractivity contribution in [2.24, 2.45) is 0 Å². The van der Waals surface area contributed by atoms with Gasteiger partial charge in [-0.1, -0.05) is 12.1 Å². The standard InChI is InChI=1S/C17H17F3O3/c1-22-14-6-2-12(3-7-14)16(10-11-21)23-15-8-4-13(5-9-15)17(18,19)20/h2-9,16,21H,10-11H2,1H3. The van der Waals surface area contributed by atoms with Gasteiger partial charge in [-0.2, -0.15) is 13.2 Å². The van der Waals surface area contributed by atoms with Crippen molar-refractivity contribution in [3.05, 3.63) is 59.7 Å². The van der Waals surface area contributed by atoms with Gasteiger partial charge in [0.2, 0.25) is 0 Å². The maximum atomic E-state index is 12.6. The number of aliphatic hydroxyl groups excluding tert-OH is 1. The molecule has 2 aromatic carbocycles. The van der Waals surface area contributed by atoms with Gasteiger partial charge < -0.3 is 14.6 Å². The molecule has 0 heterocycles. The van der Waals surface area contributed by atoms with Crippen molar-refractivity contribution in [2.75, 3.05) is 13.7 Å². The van der Waals surface area contributed by atoms with Crippen LogP contribution in [0, 0.1) is 0 Å². The average Bonchev–Trinajstić information content (AvgIpc) is 2.54. The summed E-state index contributed by atoms with van der Waals surface area (Å²) in [5, 5.41) is 9.17. The largest absolute Gasteiger partial charge is 0.497 e. The van der Waals surface area contributed by atoms with Crippen LogP contribution in [0.5, 0.6) is 11.5 Å². The van der Waals surface area contributed by atoms with Gasteiger partial charge in [-0.15, -0.1) is 0 Å². The van der Waals surface area contributed by atoms with Gasteiger partial charge in [-0.3, -0.25) is 0 Å². The fraction of sp³-hybridized carbons (Fsp3) is 0.294. The van der Waals surface area contributed by atoms with E-state index in [9.17, 15) is 18.3 Å². The highest BCUT2D eigenvalue weighted by atomic mass is 19.4. The molecular weight excluding hydrogens is 309 g/mol. The molecule has 23 heavy (non-hydrogen) atoms. The molecule has 6 heteroatoms. The van der Waals surface area contributed by atoms with E-state index in [-0.39, 0.29) is 6.61 Å². The molecule has 2 aromatic rings. The van der Waals surface area contributed by atoms with Crippen LogP contribution in [-0.4, -0.2) is 18.8 Å². The predicted molar refractivity (Wildman–Crippen MR) is 79.5 cm³/mol. The molecule has 1 atom stereocenters. The third-order valence-corrected chi connectivity index (χ3v) is 3.34. The lowest BCUT2D eigenvalue weighted by Crippen LogP contribution is -2.10. The smallest absolute Gasteiger partial charge is 0.416 e. The zero-order valence-electron chi connectivity index (χ0n) is 12.5. The topological polar surface area (TPSA) is 38.7 Å². The number of halogens is 3. The van der Waals surface area contributed by atoms with E-state index in [1.54, 1.807) is 31.4 Å². The summed E-state index contributed by atoms with van der Waals surface area (Å²) in [6.45, 7) is -0.0999. The fourth-order valence-corrected chi connectivity index (χ4v) is 2.12. The van der Waals surface area contributed by atoms with Gasteiger partial charge in [-0.25, -0.2) is 0 Å². The zero-order valence-corrected chi connectivity index (χ0v) is 12.5. The van der Waals surface area contributed by atoms with Crippen molar-refractivity contribution in [2.45, 2.75) is 18.7 Å². The van der Waals surface area contributed by atoms with Gasteiger partial charge in [0.25, 0.3) is 0 Å². The number of hydrogen-bond donors (Lipinski definition) is 1. The van der Waals surface area contributed by atoms with Crippen molar-refractivity contribution in [3.63, 3.8) is 0 Å². The Labute approximate surface area is 132 Å². The van der Waals surface area contributed by atoms with Gasteiger partial charge in [-0.05, 0) is 42.0 Å². The van der Waals surface area contributed by atoms with E-state index in [0.29, 0.717) is 17.9 Å². The molecule has 2 rings (SSSR count). The molecule has 3 nitrogen and oxygen atoms in total. The third-order valence-electron chi connectivity index (χ3n) is 3.34. The lowest BCUT2D eigenvalue weighted by Gasteiger charge is -2.19. The van der Waals surface area contributed by atoms with Crippen LogP contribution in [0.4, 0.5) is 13.2 Å². The summed E-state index contributed by atoms with van der Waals surface area (Å²) in [4.78, 5) is 0. The van der Waals surface area contributed by atoms with Crippen LogP contribution in [-0.2, 0) is 6.18 Å². The summed E-state index contributed by atoms with van der Waals surface area (Å²) in [6, 6.07) is 11.6. The minimum Gasteiger partial charge on any atom is -0.497 e. The van der Waals surface area contributed by atoms with Crippen LogP contribution in [0.1, 0.15) is 23.7 Å². The second-order valence-electron chi connectivity index (χ2n) is 4.91. The second kappa shape index (κ2) is 7.37. The Balaban J connectivity index is 2.15. The lowest BCUT2D eigenvalue weighted by molar-refractivity contribution is -0.137. The maximum absolute atomic E-state index is 12.6. The molecule has 0 saturated carbocycles. The van der Waals surface area contributed by atoms with Crippen molar-refractivity contribution >= 4 is 0 Å². The van der Waals surface area contributed by atoms with Crippen molar-refractivity contribution < 1.29 is 27.8 Å². The van der Waals surface area contributed by atoms with Gasteiger partial charge in [0.1, 0.15) is 17.6 Å². The SMILES string of the molecule is COc1ccc(C(CCO)Oc2ccc(C(F)(F)F)cc2)cc1. The molecule has 124 valence electrons. The average molecular weight is 326 g/mol. The zero-order chi connectivity index (χ0) is 16.9. The molecule has 0 aromatic heterocycles. The fourth-order valence-electron chi connectivity index (χ4n) is 2.12. The first-order chi connectivity index (χ1) is 10.9. The lowest BCUT2D eigenvalue weighted by atomic mass is 10.1. The third kappa shape index (κ3) is 4.63. The number of methoxy groups -OCH3 is 1. The van der Waals surface area contributed by atoms with Crippen LogP contribution < -0.4 is 9.47 Å². The molecule has 0 bridgehead atoms. The first kappa shape index (κ1) is 17.1. The predicted octanol–water partition coefficient (Wildman–Crippen LogP) is 4.22. The minimum atomic E-state index is -4.38.